The molecule has 3 aromatic rings. The summed E-state index contributed by atoms with van der Waals surface area (Å²) in [6.07, 6.45) is 2.28. The van der Waals surface area contributed by atoms with Crippen LogP contribution < -0.4 is 15.5 Å². The van der Waals surface area contributed by atoms with Crippen LogP contribution in [0.5, 0.6) is 0 Å². The van der Waals surface area contributed by atoms with Crippen LogP contribution in [0.2, 0.25) is 0 Å². The minimum Gasteiger partial charge on any atom is -0.310 e. The Kier molecular flexibility index (Phi) is 8.79. The van der Waals surface area contributed by atoms with E-state index in [-0.39, 0.29) is 41.3 Å². The molecule has 2 N–H and O–H groups in total. The number of amides is 4. The van der Waals surface area contributed by atoms with Crippen molar-refractivity contribution in [1.29, 1.82) is 0 Å². The number of hydrogen-bond donors (Lipinski definition) is 2. The van der Waals surface area contributed by atoms with Gasteiger partial charge >= 0.3 is 11.5 Å². The third-order valence-corrected chi connectivity index (χ3v) is 7.04. The van der Waals surface area contributed by atoms with Crippen LogP contribution in [-0.4, -0.2) is 51.9 Å². The lowest BCUT2D eigenvalue weighted by molar-refractivity contribution is -0.123. The van der Waals surface area contributed by atoms with Crippen LogP contribution in [0, 0.1) is 0 Å². The minimum atomic E-state index is -4.44. The largest absolute Gasteiger partial charge is 0.446 e. The zero-order chi connectivity index (χ0) is 28.9. The standard InChI is InChI=1S/C28H28F3N5O3S/c1-27(2)25(38)36(21-8-10-22(11-9-21)40-28(29,30)31)26(39)35(27)18-20-13-15-33-23(16-20)34-24(37)17-32-14-12-19-6-4-3-5-7-19/h3-11,13,15-16,32H,12,14,17-18H2,1-2H3,(H,33,34,37). The van der Waals surface area contributed by atoms with E-state index in [1.54, 1.807) is 26.0 Å². The number of nitrogens with one attached hydrogen (secondary N) is 2. The van der Waals surface area contributed by atoms with Crippen LogP contribution in [0.1, 0.15) is 25.0 Å². The van der Waals surface area contributed by atoms with E-state index >= 15 is 0 Å². The lowest BCUT2D eigenvalue weighted by Gasteiger charge is -2.27. The van der Waals surface area contributed by atoms with E-state index in [1.807, 2.05) is 30.3 Å². The van der Waals surface area contributed by atoms with Crippen LogP contribution in [-0.2, 0) is 22.6 Å². The first-order valence-electron chi connectivity index (χ1n) is 12.5. The summed E-state index contributed by atoms with van der Waals surface area (Å²) in [4.78, 5) is 45.3. The quantitative estimate of drug-likeness (QED) is 0.197. The predicted molar refractivity (Wildman–Crippen MR) is 147 cm³/mol. The Bertz CT molecular complexity index is 1370. The molecule has 1 saturated heterocycles. The second kappa shape index (κ2) is 12.1. The van der Waals surface area contributed by atoms with Gasteiger partial charge in [-0.3, -0.25) is 9.59 Å². The van der Waals surface area contributed by atoms with E-state index in [4.69, 9.17) is 0 Å². The summed E-state index contributed by atoms with van der Waals surface area (Å²) < 4.78 is 38.0. The fraction of sp³-hybridized carbons (Fsp3) is 0.286. The molecule has 1 aliphatic rings. The van der Waals surface area contributed by atoms with E-state index in [0.717, 1.165) is 11.3 Å². The van der Waals surface area contributed by atoms with E-state index in [1.165, 1.54) is 40.9 Å². The molecule has 8 nitrogen and oxygen atoms in total. The molecular weight excluding hydrogens is 543 g/mol. The van der Waals surface area contributed by atoms with Gasteiger partial charge in [0, 0.05) is 17.6 Å². The number of aromatic nitrogens is 1. The van der Waals surface area contributed by atoms with Crippen molar-refractivity contribution < 1.29 is 27.6 Å². The number of nitrogens with zero attached hydrogens (tertiary/aromatic N) is 3. The SMILES string of the molecule is CC1(C)C(=O)N(c2ccc(SC(F)(F)F)cc2)C(=O)N1Cc1ccnc(NC(=O)CNCCc2ccccc2)c1. The lowest BCUT2D eigenvalue weighted by Crippen LogP contribution is -2.43. The second-order valence-corrected chi connectivity index (χ2v) is 10.8. The van der Waals surface area contributed by atoms with Gasteiger partial charge in [-0.1, -0.05) is 30.3 Å². The number of pyridine rings is 1. The highest BCUT2D eigenvalue weighted by Gasteiger charge is 2.51. The highest BCUT2D eigenvalue weighted by atomic mass is 32.2. The molecule has 1 fully saturated rings. The Labute approximate surface area is 233 Å². The van der Waals surface area contributed by atoms with Crippen LogP contribution >= 0.6 is 11.8 Å². The van der Waals surface area contributed by atoms with E-state index in [2.05, 4.69) is 15.6 Å². The van der Waals surface area contributed by atoms with Crippen molar-refractivity contribution in [1.82, 2.24) is 15.2 Å². The van der Waals surface area contributed by atoms with Crippen molar-refractivity contribution in [3.63, 3.8) is 0 Å². The number of carbonyl (C=O) groups is 3. The molecule has 0 atom stereocenters. The number of rotatable bonds is 10. The van der Waals surface area contributed by atoms with Crippen LogP contribution in [0.15, 0.2) is 77.8 Å². The number of hydrogen-bond acceptors (Lipinski definition) is 6. The molecule has 0 saturated carbocycles. The number of carbonyl (C=O) groups excluding carboxylic acids is 3. The second-order valence-electron chi connectivity index (χ2n) is 9.62. The number of urea groups is 1. The Hall–Kier alpha value is -3.90. The van der Waals surface area contributed by atoms with Gasteiger partial charge in [0.1, 0.15) is 11.4 Å². The first-order valence-corrected chi connectivity index (χ1v) is 13.3. The van der Waals surface area contributed by atoms with E-state index in [0.29, 0.717) is 17.9 Å². The van der Waals surface area contributed by atoms with Gasteiger partial charge in [0.05, 0.1) is 12.2 Å². The molecule has 0 bridgehead atoms. The molecule has 0 spiro atoms. The monoisotopic (exact) mass is 571 g/mol. The summed E-state index contributed by atoms with van der Waals surface area (Å²) in [5, 5.41) is 5.82. The molecular formula is C28H28F3N5O3S. The predicted octanol–water partition coefficient (Wildman–Crippen LogP) is 5.21. The average Bonchev–Trinajstić information content (AvgIpc) is 3.06. The van der Waals surface area contributed by atoms with Gasteiger partial charge in [0.25, 0.3) is 5.91 Å². The molecule has 2 heterocycles. The lowest BCUT2D eigenvalue weighted by atomic mass is 10.0. The van der Waals surface area contributed by atoms with Crippen LogP contribution in [0.25, 0.3) is 0 Å². The average molecular weight is 572 g/mol. The van der Waals surface area contributed by atoms with Crippen molar-refractivity contribution >= 4 is 41.1 Å². The summed E-state index contributed by atoms with van der Waals surface area (Å²) in [7, 11) is 0. The van der Waals surface area contributed by atoms with Crippen LogP contribution in [0.3, 0.4) is 0 Å². The molecule has 210 valence electrons. The smallest absolute Gasteiger partial charge is 0.310 e. The summed E-state index contributed by atoms with van der Waals surface area (Å²) in [5.74, 6) is -0.473. The normalized spacial score (nSPS) is 15.0. The Morgan fingerprint density at radius 2 is 1.70 bits per heavy atom. The number of imide groups is 1. The number of benzene rings is 2. The maximum absolute atomic E-state index is 13.3. The molecule has 0 unspecified atom stereocenters. The van der Waals surface area contributed by atoms with Crippen LogP contribution in [0.4, 0.5) is 29.5 Å². The summed E-state index contributed by atoms with van der Waals surface area (Å²) in [6.45, 7) is 3.99. The molecule has 4 rings (SSSR count). The highest BCUT2D eigenvalue weighted by Crippen LogP contribution is 2.39. The van der Waals surface area contributed by atoms with Gasteiger partial charge in [-0.2, -0.15) is 13.2 Å². The fourth-order valence-electron chi connectivity index (χ4n) is 4.22. The first kappa shape index (κ1) is 29.1. The van der Waals surface area contributed by atoms with Gasteiger partial charge in [-0.05, 0) is 86.1 Å². The first-order chi connectivity index (χ1) is 18.9. The molecule has 12 heteroatoms. The number of anilines is 2. The van der Waals surface area contributed by atoms with Gasteiger partial charge in [0.2, 0.25) is 5.91 Å². The summed E-state index contributed by atoms with van der Waals surface area (Å²) in [5.41, 5.74) is -3.68. The highest BCUT2D eigenvalue weighted by molar-refractivity contribution is 8.00. The number of halogens is 3. The Morgan fingerprint density at radius 3 is 2.38 bits per heavy atom. The van der Waals surface area contributed by atoms with Gasteiger partial charge < -0.3 is 15.5 Å². The molecule has 1 aromatic heterocycles. The van der Waals surface area contributed by atoms with Crippen molar-refractivity contribution in [2.75, 3.05) is 23.3 Å². The third-order valence-electron chi connectivity index (χ3n) is 6.30. The molecule has 0 radical (unpaired) electrons. The minimum absolute atomic E-state index is 0.0517. The maximum Gasteiger partial charge on any atom is 0.446 e. The van der Waals surface area contributed by atoms with Gasteiger partial charge in [-0.25, -0.2) is 14.7 Å². The topological polar surface area (TPSA) is 94.6 Å². The van der Waals surface area contributed by atoms with Gasteiger partial charge in [0.15, 0.2) is 0 Å². The van der Waals surface area contributed by atoms with Gasteiger partial charge in [-0.15, -0.1) is 0 Å². The Morgan fingerprint density at radius 1 is 1.00 bits per heavy atom. The van der Waals surface area contributed by atoms with Crippen molar-refractivity contribution in [2.45, 2.75) is 42.8 Å². The molecule has 40 heavy (non-hydrogen) atoms. The van der Waals surface area contributed by atoms with Crippen molar-refractivity contribution in [2.24, 2.45) is 0 Å². The summed E-state index contributed by atoms with van der Waals surface area (Å²) in [6, 6.07) is 17.7. The molecule has 0 aliphatic carbocycles. The van der Waals surface area contributed by atoms with E-state index < -0.39 is 23.0 Å². The zero-order valence-electron chi connectivity index (χ0n) is 21.9. The van der Waals surface area contributed by atoms with E-state index in [9.17, 15) is 27.6 Å². The van der Waals surface area contributed by atoms with Crippen molar-refractivity contribution in [3.05, 3.63) is 84.1 Å². The molecule has 2 aromatic carbocycles. The Balaban J connectivity index is 1.37. The fourth-order valence-corrected chi connectivity index (χ4v) is 4.75. The third kappa shape index (κ3) is 7.19. The number of alkyl halides is 3. The summed E-state index contributed by atoms with van der Waals surface area (Å²) >= 11 is -0.273. The molecule has 4 amide bonds. The van der Waals surface area contributed by atoms with Crippen molar-refractivity contribution in [3.8, 4) is 0 Å². The maximum atomic E-state index is 13.3. The zero-order valence-corrected chi connectivity index (χ0v) is 22.7. The number of thioether (sulfide) groups is 1. The molecule has 1 aliphatic heterocycles.